The van der Waals surface area contributed by atoms with Crippen LogP contribution in [0.4, 0.5) is 0 Å². The number of amides is 1. The molecule has 1 aromatic rings. The van der Waals surface area contributed by atoms with Crippen LogP contribution in [0.1, 0.15) is 41.1 Å². The van der Waals surface area contributed by atoms with Crippen molar-refractivity contribution in [3.63, 3.8) is 0 Å². The van der Waals surface area contributed by atoms with Crippen LogP contribution in [0.25, 0.3) is 0 Å². The molecule has 0 bridgehead atoms. The van der Waals surface area contributed by atoms with E-state index in [1.165, 1.54) is 24.8 Å². The number of hydrogen-bond acceptors (Lipinski definition) is 2. The van der Waals surface area contributed by atoms with Crippen LogP contribution >= 0.6 is 0 Å². The van der Waals surface area contributed by atoms with Crippen LogP contribution in [-0.2, 0) is 0 Å². The molecule has 1 fully saturated rings. The van der Waals surface area contributed by atoms with Crippen molar-refractivity contribution in [2.45, 2.75) is 25.2 Å². The fourth-order valence-electron chi connectivity index (χ4n) is 1.76. The van der Waals surface area contributed by atoms with E-state index in [1.807, 2.05) is 12.1 Å². The summed E-state index contributed by atoms with van der Waals surface area (Å²) < 4.78 is 0. The van der Waals surface area contributed by atoms with Gasteiger partial charge in [-0.15, -0.1) is 0 Å². The normalized spacial score (nSPS) is 16.1. The zero-order valence-electron chi connectivity index (χ0n) is 7.99. The van der Waals surface area contributed by atoms with Gasteiger partial charge in [-0.1, -0.05) is 18.6 Å². The van der Waals surface area contributed by atoms with Gasteiger partial charge in [0.15, 0.2) is 0 Å². The molecule has 1 saturated carbocycles. The highest BCUT2D eigenvalue weighted by Gasteiger charge is 2.19. The standard InChI is InChI=1S/C11H14N2O/c12-13-11(14)10-6-2-5-9(7-10)8-3-1-4-8/h2,5-8H,1,3-4,12H2,(H,13,14). The monoisotopic (exact) mass is 190 g/mol. The van der Waals surface area contributed by atoms with Crippen molar-refractivity contribution in [1.82, 2.24) is 5.43 Å². The van der Waals surface area contributed by atoms with Crippen LogP contribution in [0, 0.1) is 0 Å². The van der Waals surface area contributed by atoms with Gasteiger partial charge in [-0.05, 0) is 36.5 Å². The first-order valence-corrected chi connectivity index (χ1v) is 4.92. The van der Waals surface area contributed by atoms with Crippen molar-refractivity contribution < 1.29 is 4.79 Å². The number of rotatable bonds is 2. The lowest BCUT2D eigenvalue weighted by atomic mass is 9.80. The Balaban J connectivity index is 2.21. The Kier molecular flexibility index (Phi) is 2.50. The summed E-state index contributed by atoms with van der Waals surface area (Å²) in [5, 5.41) is 0. The van der Waals surface area contributed by atoms with Gasteiger partial charge in [0.1, 0.15) is 0 Å². The Bertz CT molecular complexity index is 345. The number of benzene rings is 1. The maximum absolute atomic E-state index is 11.3. The van der Waals surface area contributed by atoms with Crippen LogP contribution < -0.4 is 11.3 Å². The van der Waals surface area contributed by atoms with Crippen LogP contribution in [0.5, 0.6) is 0 Å². The molecule has 0 radical (unpaired) electrons. The Labute approximate surface area is 83.3 Å². The third-order valence-electron chi connectivity index (χ3n) is 2.86. The Morgan fingerprint density at radius 1 is 1.43 bits per heavy atom. The fraction of sp³-hybridized carbons (Fsp3) is 0.364. The molecule has 0 heterocycles. The van der Waals surface area contributed by atoms with Crippen molar-refractivity contribution in [3.05, 3.63) is 35.4 Å². The van der Waals surface area contributed by atoms with Crippen LogP contribution in [0.3, 0.4) is 0 Å². The summed E-state index contributed by atoms with van der Waals surface area (Å²) in [6.45, 7) is 0. The van der Waals surface area contributed by atoms with E-state index in [2.05, 4.69) is 11.5 Å². The molecular weight excluding hydrogens is 176 g/mol. The number of nitrogen functional groups attached to an aromatic ring is 1. The van der Waals surface area contributed by atoms with Gasteiger partial charge in [-0.3, -0.25) is 10.2 Å². The molecule has 0 saturated heterocycles. The Morgan fingerprint density at radius 2 is 2.21 bits per heavy atom. The highest BCUT2D eigenvalue weighted by Crippen LogP contribution is 2.36. The molecule has 3 N–H and O–H groups in total. The fourth-order valence-corrected chi connectivity index (χ4v) is 1.76. The van der Waals surface area contributed by atoms with Crippen LogP contribution in [0.2, 0.25) is 0 Å². The van der Waals surface area contributed by atoms with Gasteiger partial charge in [0.25, 0.3) is 5.91 Å². The third kappa shape index (κ3) is 1.63. The predicted octanol–water partition coefficient (Wildman–Crippen LogP) is 1.56. The molecule has 2 rings (SSSR count). The van der Waals surface area contributed by atoms with Crippen molar-refractivity contribution in [2.24, 2.45) is 5.84 Å². The minimum Gasteiger partial charge on any atom is -0.290 e. The van der Waals surface area contributed by atoms with E-state index in [9.17, 15) is 4.79 Å². The second-order valence-corrected chi connectivity index (χ2v) is 3.73. The maximum atomic E-state index is 11.3. The highest BCUT2D eigenvalue weighted by atomic mass is 16.2. The third-order valence-corrected chi connectivity index (χ3v) is 2.86. The number of hydrogen-bond donors (Lipinski definition) is 2. The van der Waals surface area contributed by atoms with Crippen LogP contribution in [-0.4, -0.2) is 5.91 Å². The second-order valence-electron chi connectivity index (χ2n) is 3.73. The van der Waals surface area contributed by atoms with Gasteiger partial charge in [-0.25, -0.2) is 5.84 Å². The molecular formula is C11H14N2O. The summed E-state index contributed by atoms with van der Waals surface area (Å²) >= 11 is 0. The predicted molar refractivity (Wildman–Crippen MR) is 54.7 cm³/mol. The highest BCUT2D eigenvalue weighted by molar-refractivity contribution is 5.93. The van der Waals surface area contributed by atoms with Crippen molar-refractivity contribution >= 4 is 5.91 Å². The summed E-state index contributed by atoms with van der Waals surface area (Å²) in [7, 11) is 0. The van der Waals surface area contributed by atoms with Gasteiger partial charge in [0.2, 0.25) is 0 Å². The quantitative estimate of drug-likeness (QED) is 0.422. The molecule has 0 aliphatic heterocycles. The first-order chi connectivity index (χ1) is 6.81. The molecule has 3 heteroatoms. The lowest BCUT2D eigenvalue weighted by molar-refractivity contribution is 0.0953. The van der Waals surface area contributed by atoms with Gasteiger partial charge < -0.3 is 0 Å². The molecule has 1 aromatic carbocycles. The first-order valence-electron chi connectivity index (χ1n) is 4.92. The zero-order chi connectivity index (χ0) is 9.97. The number of nitrogens with one attached hydrogen (secondary N) is 1. The number of carbonyl (C=O) groups excluding carboxylic acids is 1. The van der Waals surface area contributed by atoms with E-state index in [1.54, 1.807) is 6.07 Å². The van der Waals surface area contributed by atoms with Crippen molar-refractivity contribution in [3.8, 4) is 0 Å². The summed E-state index contributed by atoms with van der Waals surface area (Å²) in [5.74, 6) is 5.51. The van der Waals surface area contributed by atoms with Crippen molar-refractivity contribution in [1.29, 1.82) is 0 Å². The molecule has 14 heavy (non-hydrogen) atoms. The first kappa shape index (κ1) is 9.21. The second kappa shape index (κ2) is 3.80. The van der Waals surface area contributed by atoms with E-state index in [-0.39, 0.29) is 5.91 Å². The number of nitrogens with two attached hydrogens (primary N) is 1. The van der Waals surface area contributed by atoms with Gasteiger partial charge in [0, 0.05) is 5.56 Å². The summed E-state index contributed by atoms with van der Waals surface area (Å²) in [5.41, 5.74) is 4.06. The van der Waals surface area contributed by atoms with Crippen molar-refractivity contribution in [2.75, 3.05) is 0 Å². The van der Waals surface area contributed by atoms with E-state index < -0.39 is 0 Å². The molecule has 3 nitrogen and oxygen atoms in total. The Morgan fingerprint density at radius 3 is 2.79 bits per heavy atom. The van der Waals surface area contributed by atoms with Crippen LogP contribution in [0.15, 0.2) is 24.3 Å². The molecule has 1 aliphatic rings. The lowest BCUT2D eigenvalue weighted by Crippen LogP contribution is -2.30. The molecule has 74 valence electrons. The number of hydrazine groups is 1. The molecule has 0 atom stereocenters. The SMILES string of the molecule is NNC(=O)c1cccc(C2CCC2)c1. The van der Waals surface area contributed by atoms with Gasteiger partial charge >= 0.3 is 0 Å². The minimum absolute atomic E-state index is 0.217. The summed E-state index contributed by atoms with van der Waals surface area (Å²) in [4.78, 5) is 11.3. The minimum atomic E-state index is -0.217. The average molecular weight is 190 g/mol. The van der Waals surface area contributed by atoms with E-state index in [0.29, 0.717) is 11.5 Å². The van der Waals surface area contributed by atoms with E-state index >= 15 is 0 Å². The molecule has 0 unspecified atom stereocenters. The largest absolute Gasteiger partial charge is 0.290 e. The molecule has 0 spiro atoms. The average Bonchev–Trinajstić information content (AvgIpc) is 2.14. The topological polar surface area (TPSA) is 55.1 Å². The van der Waals surface area contributed by atoms with E-state index in [4.69, 9.17) is 5.84 Å². The van der Waals surface area contributed by atoms with Gasteiger partial charge in [0.05, 0.1) is 0 Å². The molecule has 0 aromatic heterocycles. The van der Waals surface area contributed by atoms with E-state index in [0.717, 1.165) is 0 Å². The smallest absolute Gasteiger partial charge is 0.265 e. The maximum Gasteiger partial charge on any atom is 0.265 e. The zero-order valence-corrected chi connectivity index (χ0v) is 7.99. The summed E-state index contributed by atoms with van der Waals surface area (Å²) in [6, 6.07) is 7.71. The summed E-state index contributed by atoms with van der Waals surface area (Å²) in [6.07, 6.45) is 3.79. The molecule has 1 aliphatic carbocycles. The Hall–Kier alpha value is -1.35. The number of carbonyl (C=O) groups is 1. The lowest BCUT2D eigenvalue weighted by Gasteiger charge is -2.25. The van der Waals surface area contributed by atoms with Gasteiger partial charge in [-0.2, -0.15) is 0 Å². The molecule has 1 amide bonds.